The van der Waals surface area contributed by atoms with Crippen LogP contribution in [0.2, 0.25) is 0 Å². The number of carboxylic acids is 1. The molecule has 7 nitrogen and oxygen atoms in total. The average Bonchev–Trinajstić information content (AvgIpc) is 3.15. The first-order valence-corrected chi connectivity index (χ1v) is 11.8. The van der Waals surface area contributed by atoms with Gasteiger partial charge in [-0.05, 0) is 55.4 Å². The van der Waals surface area contributed by atoms with Crippen LogP contribution >= 0.6 is 0 Å². The number of hydrogen-bond acceptors (Lipinski definition) is 4. The Morgan fingerprint density at radius 1 is 1.03 bits per heavy atom. The van der Waals surface area contributed by atoms with Crippen LogP contribution in [-0.2, 0) is 14.3 Å². The maximum atomic E-state index is 12.9. The molecule has 34 heavy (non-hydrogen) atoms. The van der Waals surface area contributed by atoms with E-state index >= 15 is 0 Å². The molecule has 2 atom stereocenters. The Balaban J connectivity index is 1.35. The third-order valence-corrected chi connectivity index (χ3v) is 7.38. The van der Waals surface area contributed by atoms with E-state index in [0.29, 0.717) is 12.8 Å². The Kier molecular flexibility index (Phi) is 6.64. The van der Waals surface area contributed by atoms with E-state index in [9.17, 15) is 19.5 Å². The van der Waals surface area contributed by atoms with Crippen LogP contribution in [0, 0.1) is 5.92 Å². The van der Waals surface area contributed by atoms with E-state index in [4.69, 9.17) is 4.74 Å². The molecule has 2 aromatic carbocycles. The molecule has 0 bridgehead atoms. The number of carbonyl (C=O) groups excluding carboxylic acids is 2. The van der Waals surface area contributed by atoms with Gasteiger partial charge in [0.05, 0.1) is 0 Å². The maximum Gasteiger partial charge on any atom is 0.407 e. The van der Waals surface area contributed by atoms with Crippen molar-refractivity contribution in [2.75, 3.05) is 13.7 Å². The number of amides is 2. The van der Waals surface area contributed by atoms with Gasteiger partial charge in [-0.1, -0.05) is 55.0 Å². The number of ether oxygens (including phenoxy) is 1. The maximum absolute atomic E-state index is 12.9. The van der Waals surface area contributed by atoms with Crippen LogP contribution in [0.4, 0.5) is 4.79 Å². The molecular weight excluding hydrogens is 432 g/mol. The number of nitrogens with zero attached hydrogens (tertiary/aromatic N) is 1. The number of benzene rings is 2. The molecule has 2 aromatic rings. The SMILES string of the molecule is CN(C(=O)[C@@H]1CCC[C@@H](NC(=O)OCC2c3ccccc3-c3ccccc32)C1)C(C)(C)C(=O)O. The van der Waals surface area contributed by atoms with E-state index < -0.39 is 17.6 Å². The number of carboxylic acid groups (broad SMARTS) is 1. The molecule has 0 saturated heterocycles. The molecule has 0 aromatic heterocycles. The quantitative estimate of drug-likeness (QED) is 0.660. The molecule has 1 saturated carbocycles. The van der Waals surface area contributed by atoms with Gasteiger partial charge in [-0.15, -0.1) is 0 Å². The summed E-state index contributed by atoms with van der Waals surface area (Å²) in [5.74, 6) is -1.58. The van der Waals surface area contributed by atoms with Gasteiger partial charge in [0.25, 0.3) is 0 Å². The molecule has 0 spiro atoms. The van der Waals surface area contributed by atoms with E-state index in [-0.39, 0.29) is 30.4 Å². The second-order valence-electron chi connectivity index (χ2n) is 9.79. The lowest BCUT2D eigenvalue weighted by Gasteiger charge is -2.37. The van der Waals surface area contributed by atoms with E-state index in [1.807, 2.05) is 24.3 Å². The van der Waals surface area contributed by atoms with Gasteiger partial charge in [-0.25, -0.2) is 9.59 Å². The predicted octanol–water partition coefficient (Wildman–Crippen LogP) is 4.41. The summed E-state index contributed by atoms with van der Waals surface area (Å²) in [6.07, 6.45) is 2.22. The smallest absolute Gasteiger partial charge is 0.407 e. The van der Waals surface area contributed by atoms with E-state index in [1.54, 1.807) is 0 Å². The summed E-state index contributed by atoms with van der Waals surface area (Å²) in [6, 6.07) is 16.2. The minimum atomic E-state index is -1.29. The molecule has 2 N–H and O–H groups in total. The molecule has 1 fully saturated rings. The fourth-order valence-corrected chi connectivity index (χ4v) is 5.04. The first-order valence-electron chi connectivity index (χ1n) is 11.8. The minimum Gasteiger partial charge on any atom is -0.480 e. The second-order valence-corrected chi connectivity index (χ2v) is 9.79. The van der Waals surface area contributed by atoms with Crippen molar-refractivity contribution >= 4 is 18.0 Å². The summed E-state index contributed by atoms with van der Waals surface area (Å²) in [6.45, 7) is 3.27. The molecular formula is C27H32N2O5. The minimum absolute atomic E-state index is 0.00858. The zero-order valence-corrected chi connectivity index (χ0v) is 19.9. The van der Waals surface area contributed by atoms with E-state index in [0.717, 1.165) is 24.0 Å². The molecule has 2 aliphatic carbocycles. The number of carbonyl (C=O) groups is 3. The van der Waals surface area contributed by atoms with Crippen molar-refractivity contribution < 1.29 is 24.2 Å². The number of rotatable bonds is 6. The van der Waals surface area contributed by atoms with Crippen LogP contribution in [0.15, 0.2) is 48.5 Å². The highest BCUT2D eigenvalue weighted by Crippen LogP contribution is 2.44. The monoisotopic (exact) mass is 464 g/mol. The highest BCUT2D eigenvalue weighted by atomic mass is 16.5. The fourth-order valence-electron chi connectivity index (χ4n) is 5.04. The van der Waals surface area contributed by atoms with Crippen LogP contribution in [-0.4, -0.2) is 53.2 Å². The third kappa shape index (κ3) is 4.52. The van der Waals surface area contributed by atoms with Crippen LogP contribution in [0.3, 0.4) is 0 Å². The molecule has 2 aliphatic rings. The van der Waals surface area contributed by atoms with Crippen molar-refractivity contribution in [2.24, 2.45) is 5.92 Å². The summed E-state index contributed by atoms with van der Waals surface area (Å²) in [5.41, 5.74) is 3.38. The third-order valence-electron chi connectivity index (χ3n) is 7.38. The molecule has 0 aliphatic heterocycles. The molecule has 2 amide bonds. The normalized spacial score (nSPS) is 19.6. The number of nitrogens with one attached hydrogen (secondary N) is 1. The van der Waals surface area contributed by atoms with Gasteiger partial charge in [-0.3, -0.25) is 4.79 Å². The Labute approximate surface area is 200 Å². The van der Waals surface area contributed by atoms with Crippen LogP contribution in [0.5, 0.6) is 0 Å². The molecule has 0 heterocycles. The zero-order valence-electron chi connectivity index (χ0n) is 19.9. The Morgan fingerprint density at radius 3 is 2.21 bits per heavy atom. The lowest BCUT2D eigenvalue weighted by atomic mass is 9.84. The summed E-state index contributed by atoms with van der Waals surface area (Å²) < 4.78 is 5.65. The van der Waals surface area contributed by atoms with Gasteiger partial charge in [0.2, 0.25) is 5.91 Å². The number of aliphatic carboxylic acids is 1. The van der Waals surface area contributed by atoms with Gasteiger partial charge in [0, 0.05) is 24.9 Å². The van der Waals surface area contributed by atoms with Crippen molar-refractivity contribution in [3.63, 3.8) is 0 Å². The fraction of sp³-hybridized carbons (Fsp3) is 0.444. The Bertz CT molecular complexity index is 1050. The van der Waals surface area contributed by atoms with Crippen LogP contribution in [0.1, 0.15) is 56.6 Å². The highest BCUT2D eigenvalue weighted by Gasteiger charge is 2.39. The Morgan fingerprint density at radius 2 is 1.62 bits per heavy atom. The topological polar surface area (TPSA) is 95.9 Å². The second kappa shape index (κ2) is 9.49. The molecule has 4 rings (SSSR count). The molecule has 180 valence electrons. The van der Waals surface area contributed by atoms with Gasteiger partial charge in [-0.2, -0.15) is 0 Å². The standard InChI is InChI=1S/C27H32N2O5/c1-27(2,25(31)32)29(3)24(30)17-9-8-10-18(15-17)28-26(33)34-16-23-21-13-6-4-11-19(21)20-12-5-7-14-22(20)23/h4-7,11-14,17-18,23H,8-10,15-16H2,1-3H3,(H,28,33)(H,31,32)/t17-,18-/m1/s1. The average molecular weight is 465 g/mol. The summed E-state index contributed by atoms with van der Waals surface area (Å²) >= 11 is 0. The van der Waals surface area contributed by atoms with Crippen molar-refractivity contribution in [3.8, 4) is 11.1 Å². The summed E-state index contributed by atoms with van der Waals surface area (Å²) in [5, 5.41) is 12.4. The van der Waals surface area contributed by atoms with Crippen molar-refractivity contribution in [1.82, 2.24) is 10.2 Å². The summed E-state index contributed by atoms with van der Waals surface area (Å²) in [7, 11) is 1.53. The number of likely N-dealkylation sites (N-methyl/N-ethyl adjacent to an activating group) is 1. The van der Waals surface area contributed by atoms with Gasteiger partial charge < -0.3 is 20.1 Å². The molecule has 7 heteroatoms. The largest absolute Gasteiger partial charge is 0.480 e. The highest BCUT2D eigenvalue weighted by molar-refractivity contribution is 5.87. The van der Waals surface area contributed by atoms with Crippen molar-refractivity contribution in [3.05, 3.63) is 59.7 Å². The summed E-state index contributed by atoms with van der Waals surface area (Å²) in [4.78, 5) is 38.4. The predicted molar refractivity (Wildman–Crippen MR) is 128 cm³/mol. The van der Waals surface area contributed by atoms with Gasteiger partial charge in [0.1, 0.15) is 12.1 Å². The zero-order chi connectivity index (χ0) is 24.5. The Hall–Kier alpha value is -3.35. The van der Waals surface area contributed by atoms with E-state index in [2.05, 4.69) is 29.6 Å². The number of fused-ring (bicyclic) bond motifs is 3. The van der Waals surface area contributed by atoms with Gasteiger partial charge >= 0.3 is 12.1 Å². The number of alkyl carbamates (subject to hydrolysis) is 1. The van der Waals surface area contributed by atoms with Crippen molar-refractivity contribution in [2.45, 2.75) is 57.0 Å². The van der Waals surface area contributed by atoms with Crippen LogP contribution in [0.25, 0.3) is 11.1 Å². The van der Waals surface area contributed by atoms with Crippen molar-refractivity contribution in [1.29, 1.82) is 0 Å². The first-order chi connectivity index (χ1) is 16.2. The molecule has 0 radical (unpaired) electrons. The lowest BCUT2D eigenvalue weighted by molar-refractivity contribution is -0.157. The van der Waals surface area contributed by atoms with Gasteiger partial charge in [0.15, 0.2) is 0 Å². The number of hydrogen-bond donors (Lipinski definition) is 2. The van der Waals surface area contributed by atoms with E-state index in [1.165, 1.54) is 36.9 Å². The molecule has 0 unspecified atom stereocenters. The first kappa shape index (κ1) is 23.8. The lowest BCUT2D eigenvalue weighted by Crippen LogP contribution is -2.53. The van der Waals surface area contributed by atoms with Crippen LogP contribution < -0.4 is 5.32 Å².